The van der Waals surface area contributed by atoms with Gasteiger partial charge in [-0.05, 0) is 48.5 Å². The highest BCUT2D eigenvalue weighted by molar-refractivity contribution is 8.14. The number of rotatable bonds is 4. The molecule has 3 aromatic rings. The predicted molar refractivity (Wildman–Crippen MR) is 109 cm³/mol. The summed E-state index contributed by atoms with van der Waals surface area (Å²) in [5.41, 5.74) is 1.63. The largest absolute Gasteiger partial charge is 0.496 e. The lowest BCUT2D eigenvalue weighted by molar-refractivity contribution is 0.0747. The number of hydrogen-bond donors (Lipinski definition) is 0. The van der Waals surface area contributed by atoms with Crippen LogP contribution >= 0.6 is 11.8 Å². The molecule has 1 aliphatic heterocycles. The first kappa shape index (κ1) is 19.1. The van der Waals surface area contributed by atoms with Gasteiger partial charge in [0.05, 0.1) is 7.11 Å². The van der Waals surface area contributed by atoms with Gasteiger partial charge in [-0.15, -0.1) is 0 Å². The molecule has 1 unspecified atom stereocenters. The van der Waals surface area contributed by atoms with E-state index in [0.717, 1.165) is 5.56 Å². The maximum absolute atomic E-state index is 13.7. The lowest BCUT2D eigenvalue weighted by atomic mass is 10.1. The highest BCUT2D eigenvalue weighted by atomic mass is 32.2. The summed E-state index contributed by atoms with van der Waals surface area (Å²) < 4.78 is 32.4. The van der Waals surface area contributed by atoms with Crippen molar-refractivity contribution in [1.29, 1.82) is 0 Å². The van der Waals surface area contributed by atoms with E-state index in [2.05, 4.69) is 5.10 Å². The molecule has 1 atom stereocenters. The molecular formula is C22H16F2N2O2S. The average Bonchev–Trinajstić information content (AvgIpc) is 3.19. The normalized spacial score (nSPS) is 15.9. The summed E-state index contributed by atoms with van der Waals surface area (Å²) in [6.07, 6.45) is 0. The summed E-state index contributed by atoms with van der Waals surface area (Å²) in [7, 11) is 1.55. The molecule has 0 spiro atoms. The number of carbonyl (C=O) groups excluding carboxylic acids is 1. The number of thioether (sulfide) groups is 1. The Kier molecular flexibility index (Phi) is 5.31. The van der Waals surface area contributed by atoms with Crippen molar-refractivity contribution in [3.05, 3.63) is 101 Å². The predicted octanol–water partition coefficient (Wildman–Crippen LogP) is 5.22. The van der Waals surface area contributed by atoms with Crippen LogP contribution in [-0.2, 0) is 0 Å². The van der Waals surface area contributed by atoms with Gasteiger partial charge in [0.15, 0.2) is 0 Å². The van der Waals surface area contributed by atoms with Gasteiger partial charge in [-0.3, -0.25) is 4.79 Å². The minimum Gasteiger partial charge on any atom is -0.496 e. The molecule has 1 aliphatic rings. The van der Waals surface area contributed by atoms with E-state index in [1.54, 1.807) is 31.4 Å². The Morgan fingerprint density at radius 3 is 2.48 bits per heavy atom. The summed E-state index contributed by atoms with van der Waals surface area (Å²) >= 11 is 1.35. The molecule has 3 aromatic carbocycles. The van der Waals surface area contributed by atoms with E-state index >= 15 is 0 Å². The quantitative estimate of drug-likeness (QED) is 0.592. The van der Waals surface area contributed by atoms with Crippen molar-refractivity contribution >= 4 is 22.7 Å². The average molecular weight is 410 g/mol. The smallest absolute Gasteiger partial charge is 0.275 e. The van der Waals surface area contributed by atoms with E-state index in [0.29, 0.717) is 16.4 Å². The highest BCUT2D eigenvalue weighted by Crippen LogP contribution is 2.45. The van der Waals surface area contributed by atoms with E-state index in [1.807, 2.05) is 18.2 Å². The van der Waals surface area contributed by atoms with Crippen molar-refractivity contribution in [3.8, 4) is 5.75 Å². The molecule has 4 rings (SSSR count). The summed E-state index contributed by atoms with van der Waals surface area (Å²) in [6, 6.07) is 18.7. The number of halogens is 2. The lowest BCUT2D eigenvalue weighted by Crippen LogP contribution is -2.26. The van der Waals surface area contributed by atoms with Crippen LogP contribution in [0.5, 0.6) is 5.75 Å². The number of ether oxygens (including phenoxy) is 1. The molecular weight excluding hydrogens is 394 g/mol. The summed E-state index contributed by atoms with van der Waals surface area (Å²) in [4.78, 5) is 13.2. The zero-order valence-corrected chi connectivity index (χ0v) is 16.2. The van der Waals surface area contributed by atoms with Gasteiger partial charge in [0, 0.05) is 16.7 Å². The molecule has 1 heterocycles. The Morgan fingerprint density at radius 1 is 1.00 bits per heavy atom. The summed E-state index contributed by atoms with van der Waals surface area (Å²) in [5, 5.41) is 5.85. The fraction of sp³-hybridized carbons (Fsp3) is 0.0909. The minimum atomic E-state index is -0.512. The van der Waals surface area contributed by atoms with Crippen LogP contribution in [0.2, 0.25) is 0 Å². The second-order valence-corrected chi connectivity index (χ2v) is 7.35. The van der Waals surface area contributed by atoms with Crippen LogP contribution in [0.1, 0.15) is 26.9 Å². The Morgan fingerprint density at radius 2 is 1.76 bits per heavy atom. The Bertz CT molecular complexity index is 1090. The number of benzene rings is 3. The molecule has 0 aliphatic carbocycles. The number of hydrogen-bond acceptors (Lipinski definition) is 4. The van der Waals surface area contributed by atoms with E-state index in [-0.39, 0.29) is 11.4 Å². The van der Waals surface area contributed by atoms with Crippen molar-refractivity contribution in [2.75, 3.05) is 7.11 Å². The second-order valence-electron chi connectivity index (χ2n) is 6.28. The van der Waals surface area contributed by atoms with Gasteiger partial charge in [-0.2, -0.15) is 5.10 Å². The first-order valence-electron chi connectivity index (χ1n) is 8.80. The summed E-state index contributed by atoms with van der Waals surface area (Å²) in [5.74, 6) is -0.687. The molecule has 1 amide bonds. The number of carbonyl (C=O) groups is 1. The van der Waals surface area contributed by atoms with Crippen LogP contribution in [0.15, 0.2) is 77.9 Å². The number of methoxy groups -OCH3 is 1. The van der Waals surface area contributed by atoms with Crippen LogP contribution < -0.4 is 4.74 Å². The summed E-state index contributed by atoms with van der Waals surface area (Å²) in [6.45, 7) is 0. The molecule has 29 heavy (non-hydrogen) atoms. The van der Waals surface area contributed by atoms with Gasteiger partial charge < -0.3 is 4.74 Å². The molecule has 0 saturated heterocycles. The maximum Gasteiger partial charge on any atom is 0.275 e. The molecule has 7 heteroatoms. The Labute approximate surface area is 170 Å². The number of hydrazone groups is 1. The van der Waals surface area contributed by atoms with Gasteiger partial charge in [-0.1, -0.05) is 36.0 Å². The van der Waals surface area contributed by atoms with Crippen LogP contribution in [0.3, 0.4) is 0 Å². The lowest BCUT2D eigenvalue weighted by Gasteiger charge is -2.22. The fourth-order valence-electron chi connectivity index (χ4n) is 3.02. The molecule has 4 nitrogen and oxygen atoms in total. The van der Waals surface area contributed by atoms with Crippen molar-refractivity contribution in [1.82, 2.24) is 5.01 Å². The topological polar surface area (TPSA) is 41.9 Å². The van der Waals surface area contributed by atoms with Crippen LogP contribution in [0.25, 0.3) is 0 Å². The number of nitrogens with zero attached hydrogens (tertiary/aromatic N) is 2. The van der Waals surface area contributed by atoms with E-state index in [9.17, 15) is 13.6 Å². The van der Waals surface area contributed by atoms with Gasteiger partial charge in [0.25, 0.3) is 5.91 Å². The molecule has 0 radical (unpaired) electrons. The van der Waals surface area contributed by atoms with Crippen LogP contribution in [0, 0.1) is 11.6 Å². The molecule has 0 bridgehead atoms. The third kappa shape index (κ3) is 3.86. The van der Waals surface area contributed by atoms with Gasteiger partial charge in [0.1, 0.15) is 27.8 Å². The molecule has 0 aromatic heterocycles. The van der Waals surface area contributed by atoms with E-state index < -0.39 is 17.1 Å². The third-order valence-corrected chi connectivity index (χ3v) is 5.64. The monoisotopic (exact) mass is 410 g/mol. The van der Waals surface area contributed by atoms with Gasteiger partial charge >= 0.3 is 0 Å². The first-order chi connectivity index (χ1) is 14.1. The molecule has 0 saturated carbocycles. The zero-order valence-electron chi connectivity index (χ0n) is 15.4. The van der Waals surface area contributed by atoms with E-state index in [4.69, 9.17) is 4.74 Å². The number of amides is 1. The Hall–Kier alpha value is -3.19. The van der Waals surface area contributed by atoms with Crippen molar-refractivity contribution in [3.63, 3.8) is 0 Å². The number of para-hydroxylation sites is 1. The van der Waals surface area contributed by atoms with Crippen molar-refractivity contribution in [2.45, 2.75) is 5.37 Å². The molecule has 146 valence electrons. The first-order valence-corrected chi connectivity index (χ1v) is 9.68. The maximum atomic E-state index is 13.7. The van der Waals surface area contributed by atoms with E-state index in [1.165, 1.54) is 47.1 Å². The van der Waals surface area contributed by atoms with Gasteiger partial charge in [0.2, 0.25) is 0 Å². The van der Waals surface area contributed by atoms with Crippen molar-refractivity contribution < 1.29 is 18.3 Å². The van der Waals surface area contributed by atoms with Crippen molar-refractivity contribution in [2.24, 2.45) is 5.10 Å². The third-order valence-electron chi connectivity index (χ3n) is 4.42. The molecule has 0 N–H and O–H groups in total. The Balaban J connectivity index is 1.77. The second kappa shape index (κ2) is 8.05. The zero-order chi connectivity index (χ0) is 20.4. The van der Waals surface area contributed by atoms with Crippen LogP contribution in [0.4, 0.5) is 8.78 Å². The highest BCUT2D eigenvalue weighted by Gasteiger charge is 2.36. The minimum absolute atomic E-state index is 0.189. The SMILES string of the molecule is COc1ccccc1C1SC(c2ccc(F)cc2)=NN1C(=O)c1cccc(F)c1. The van der Waals surface area contributed by atoms with Crippen LogP contribution in [-0.4, -0.2) is 23.1 Å². The molecule has 0 fully saturated rings. The fourth-order valence-corrected chi connectivity index (χ4v) is 4.20. The standard InChI is InChI=1S/C22H16F2N2O2S/c1-28-19-8-3-2-7-18(19)22-26(21(27)15-5-4-6-17(24)13-15)25-20(29-22)14-9-11-16(23)12-10-14/h2-13,22H,1H3. The van der Waals surface area contributed by atoms with Gasteiger partial charge in [-0.25, -0.2) is 13.8 Å².